The summed E-state index contributed by atoms with van der Waals surface area (Å²) in [6.45, 7) is 3.99. The maximum absolute atomic E-state index is 11.5. The fraction of sp³-hybridized carbons (Fsp3) is 0.419. The number of nitrogens with zero attached hydrogens (tertiary/aromatic N) is 2. The van der Waals surface area contributed by atoms with Crippen molar-refractivity contribution in [3.05, 3.63) is 82.0 Å². The quantitative estimate of drug-likeness (QED) is 0.281. The lowest BCUT2D eigenvalue weighted by Gasteiger charge is -2.49. The summed E-state index contributed by atoms with van der Waals surface area (Å²) in [6.07, 6.45) is 5.91. The van der Waals surface area contributed by atoms with Crippen molar-refractivity contribution in [3.63, 3.8) is 0 Å². The minimum Gasteiger partial charge on any atom is -0.427 e. The van der Waals surface area contributed by atoms with E-state index in [-0.39, 0.29) is 11.4 Å². The third kappa shape index (κ3) is 3.32. The van der Waals surface area contributed by atoms with Crippen LogP contribution in [-0.2, 0) is 11.2 Å². The molecule has 0 spiro atoms. The van der Waals surface area contributed by atoms with Gasteiger partial charge in [0, 0.05) is 23.1 Å². The van der Waals surface area contributed by atoms with Gasteiger partial charge in [-0.3, -0.25) is 9.80 Å². The van der Waals surface area contributed by atoms with E-state index in [1.54, 1.807) is 0 Å². The summed E-state index contributed by atoms with van der Waals surface area (Å²) in [6, 6.07) is 21.9. The topological polar surface area (TPSA) is 41.9 Å². The van der Waals surface area contributed by atoms with Crippen LogP contribution >= 0.6 is 11.3 Å². The SMILES string of the molecule is CC(=O)Oc1ccc2c(c1)CC[C@@H]1[C@@H]2CC[C@]2(C)C3=NN(c4ccccc4)C(c4cccs4)C3C[C@@H]12. The van der Waals surface area contributed by atoms with Crippen LogP contribution in [0.1, 0.15) is 67.5 Å². The predicted molar refractivity (Wildman–Crippen MR) is 145 cm³/mol. The van der Waals surface area contributed by atoms with Gasteiger partial charge in [0.15, 0.2) is 0 Å². The average Bonchev–Trinajstić information content (AvgIpc) is 3.59. The second-order valence-corrected chi connectivity index (χ2v) is 12.3. The number of hydrazone groups is 1. The summed E-state index contributed by atoms with van der Waals surface area (Å²) in [5.41, 5.74) is 5.68. The Morgan fingerprint density at radius 3 is 2.72 bits per heavy atom. The van der Waals surface area contributed by atoms with Gasteiger partial charge in [0.1, 0.15) is 5.75 Å². The van der Waals surface area contributed by atoms with Crippen molar-refractivity contribution >= 4 is 28.7 Å². The van der Waals surface area contributed by atoms with Gasteiger partial charge in [-0.15, -0.1) is 11.3 Å². The second-order valence-electron chi connectivity index (χ2n) is 11.3. The molecule has 3 aliphatic carbocycles. The molecule has 2 heterocycles. The molecule has 4 aliphatic rings. The van der Waals surface area contributed by atoms with Crippen LogP contribution in [0.5, 0.6) is 5.75 Å². The fourth-order valence-corrected chi connectivity index (χ4v) is 8.94. The lowest BCUT2D eigenvalue weighted by atomic mass is 9.55. The molecule has 5 heteroatoms. The lowest BCUT2D eigenvalue weighted by molar-refractivity contribution is -0.131. The molecule has 184 valence electrons. The first-order valence-corrected chi connectivity index (χ1v) is 14.2. The predicted octanol–water partition coefficient (Wildman–Crippen LogP) is 7.37. The summed E-state index contributed by atoms with van der Waals surface area (Å²) in [7, 11) is 0. The molecule has 0 saturated heterocycles. The number of hydrogen-bond donors (Lipinski definition) is 0. The maximum atomic E-state index is 11.5. The van der Waals surface area contributed by atoms with E-state index in [2.05, 4.69) is 71.9 Å². The zero-order valence-corrected chi connectivity index (χ0v) is 21.7. The number of rotatable bonds is 3. The number of ether oxygens (including phenoxy) is 1. The summed E-state index contributed by atoms with van der Waals surface area (Å²) in [4.78, 5) is 12.9. The first-order chi connectivity index (χ1) is 17.5. The van der Waals surface area contributed by atoms with Crippen LogP contribution in [0.3, 0.4) is 0 Å². The molecule has 2 fully saturated rings. The van der Waals surface area contributed by atoms with Gasteiger partial charge >= 0.3 is 5.97 Å². The molecule has 36 heavy (non-hydrogen) atoms. The Bertz CT molecular complexity index is 1330. The molecule has 6 atom stereocenters. The number of benzene rings is 2. The van der Waals surface area contributed by atoms with E-state index in [4.69, 9.17) is 9.84 Å². The van der Waals surface area contributed by atoms with Gasteiger partial charge in [0.2, 0.25) is 0 Å². The van der Waals surface area contributed by atoms with Crippen molar-refractivity contribution in [2.45, 2.75) is 57.9 Å². The van der Waals surface area contributed by atoms with E-state index in [1.165, 1.54) is 60.0 Å². The average molecular weight is 497 g/mol. The summed E-state index contributed by atoms with van der Waals surface area (Å²) < 4.78 is 5.39. The normalized spacial score (nSPS) is 32.2. The second kappa shape index (κ2) is 8.31. The molecule has 7 rings (SSSR count). The molecule has 0 bridgehead atoms. The summed E-state index contributed by atoms with van der Waals surface area (Å²) in [5.74, 6) is 2.87. The molecule has 0 amide bonds. The number of esters is 1. The molecule has 0 radical (unpaired) electrons. The van der Waals surface area contributed by atoms with E-state index in [9.17, 15) is 4.79 Å². The molecular formula is C31H32N2O2S. The Balaban J connectivity index is 1.24. The van der Waals surface area contributed by atoms with Crippen LogP contribution < -0.4 is 9.75 Å². The van der Waals surface area contributed by atoms with Gasteiger partial charge in [-0.25, -0.2) is 0 Å². The Kier molecular flexibility index (Phi) is 5.14. The minimum absolute atomic E-state index is 0.167. The molecule has 0 N–H and O–H groups in total. The standard InChI is InChI=1S/C31H32N2O2S/c1-19(34)35-22-11-13-23-20(17-22)10-12-25-24(23)14-15-31(2)27(25)18-26-29(28-9-6-16-36-28)33(32-30(26)31)21-7-4-3-5-8-21/h3-9,11,13,16-17,24-27,29H,10,12,14-15,18H2,1-2H3/t24-,25-,26?,27+,29?,31+/m1/s1. The van der Waals surface area contributed by atoms with Crippen molar-refractivity contribution < 1.29 is 9.53 Å². The van der Waals surface area contributed by atoms with Crippen LogP contribution in [0.25, 0.3) is 0 Å². The van der Waals surface area contributed by atoms with Crippen molar-refractivity contribution in [2.75, 3.05) is 5.01 Å². The highest BCUT2D eigenvalue weighted by Crippen LogP contribution is 2.65. The number of hydrogen-bond acceptors (Lipinski definition) is 5. The Morgan fingerprint density at radius 1 is 1.08 bits per heavy atom. The molecule has 2 saturated carbocycles. The van der Waals surface area contributed by atoms with Crippen LogP contribution in [0, 0.1) is 23.2 Å². The third-order valence-electron chi connectivity index (χ3n) is 9.51. The fourth-order valence-electron chi connectivity index (χ4n) is 8.06. The molecule has 1 aliphatic heterocycles. The Morgan fingerprint density at radius 2 is 1.94 bits per heavy atom. The zero-order chi connectivity index (χ0) is 24.4. The molecule has 4 nitrogen and oxygen atoms in total. The van der Waals surface area contributed by atoms with E-state index in [1.807, 2.05) is 17.4 Å². The van der Waals surface area contributed by atoms with E-state index in [0.29, 0.717) is 35.5 Å². The van der Waals surface area contributed by atoms with Crippen LogP contribution in [0.4, 0.5) is 5.69 Å². The zero-order valence-electron chi connectivity index (χ0n) is 20.9. The van der Waals surface area contributed by atoms with Crippen LogP contribution in [0.15, 0.2) is 71.1 Å². The van der Waals surface area contributed by atoms with Gasteiger partial charge in [0.05, 0.1) is 17.4 Å². The number of para-hydroxylation sites is 1. The van der Waals surface area contributed by atoms with Gasteiger partial charge < -0.3 is 4.74 Å². The number of carbonyl (C=O) groups excluding carboxylic acids is 1. The van der Waals surface area contributed by atoms with Gasteiger partial charge in [-0.2, -0.15) is 5.10 Å². The summed E-state index contributed by atoms with van der Waals surface area (Å²) in [5, 5.41) is 9.98. The highest BCUT2D eigenvalue weighted by atomic mass is 32.1. The van der Waals surface area contributed by atoms with Gasteiger partial charge in [-0.1, -0.05) is 37.3 Å². The van der Waals surface area contributed by atoms with E-state index < -0.39 is 0 Å². The molecule has 1 aromatic heterocycles. The highest BCUT2D eigenvalue weighted by molar-refractivity contribution is 7.10. The number of carbonyl (C=O) groups is 1. The maximum Gasteiger partial charge on any atom is 0.308 e. The largest absolute Gasteiger partial charge is 0.427 e. The van der Waals surface area contributed by atoms with Crippen molar-refractivity contribution in [3.8, 4) is 5.75 Å². The first-order valence-electron chi connectivity index (χ1n) is 13.3. The van der Waals surface area contributed by atoms with E-state index in [0.717, 1.165) is 6.42 Å². The van der Waals surface area contributed by atoms with Gasteiger partial charge in [-0.05, 0) is 96.7 Å². The number of fused-ring (bicyclic) bond motifs is 7. The number of thiophene rings is 1. The van der Waals surface area contributed by atoms with E-state index >= 15 is 0 Å². The van der Waals surface area contributed by atoms with Crippen LogP contribution in [0.2, 0.25) is 0 Å². The monoisotopic (exact) mass is 496 g/mol. The molecular weight excluding hydrogens is 464 g/mol. The highest BCUT2D eigenvalue weighted by Gasteiger charge is 2.61. The minimum atomic E-state index is -0.250. The van der Waals surface area contributed by atoms with Gasteiger partial charge in [0.25, 0.3) is 0 Å². The molecule has 2 unspecified atom stereocenters. The molecule has 2 aromatic carbocycles. The first kappa shape index (κ1) is 22.3. The number of anilines is 1. The molecule has 3 aromatic rings. The van der Waals surface area contributed by atoms with Crippen molar-refractivity contribution in [1.29, 1.82) is 0 Å². The van der Waals surface area contributed by atoms with Crippen LogP contribution in [-0.4, -0.2) is 11.7 Å². The van der Waals surface area contributed by atoms with Crippen molar-refractivity contribution in [1.82, 2.24) is 0 Å². The Labute approximate surface area is 217 Å². The Hall–Kier alpha value is -2.92. The smallest absolute Gasteiger partial charge is 0.308 e. The lowest BCUT2D eigenvalue weighted by Crippen LogP contribution is -2.42. The number of aryl methyl sites for hydroxylation is 1. The summed E-state index contributed by atoms with van der Waals surface area (Å²) >= 11 is 1.87. The van der Waals surface area contributed by atoms with Crippen molar-refractivity contribution in [2.24, 2.45) is 28.3 Å². The third-order valence-corrected chi connectivity index (χ3v) is 10.5.